The van der Waals surface area contributed by atoms with Crippen LogP contribution in [0.2, 0.25) is 0 Å². The maximum absolute atomic E-state index is 5.15. The Kier molecular flexibility index (Phi) is 7.72. The third-order valence-corrected chi connectivity index (χ3v) is 12.6. The van der Waals surface area contributed by atoms with Crippen molar-refractivity contribution in [2.24, 2.45) is 0 Å². The number of pyridine rings is 2. The van der Waals surface area contributed by atoms with Crippen LogP contribution in [0.4, 0.5) is 0 Å². The van der Waals surface area contributed by atoms with Crippen LogP contribution in [-0.4, -0.2) is 18.9 Å². The van der Waals surface area contributed by atoms with Crippen molar-refractivity contribution in [2.45, 2.75) is 52.4 Å². The fraction of sp³-hybridized carbons (Fsp3) is 0.160. The summed E-state index contributed by atoms with van der Waals surface area (Å²) in [6, 6.07) is 47.5. The molecule has 0 unspecified atom stereocenters. The van der Waals surface area contributed by atoms with Gasteiger partial charge in [-0.1, -0.05) is 125 Å². The zero-order valence-electron chi connectivity index (χ0n) is 32.1. The molecule has 0 aliphatic carbocycles. The van der Waals surface area contributed by atoms with E-state index in [2.05, 4.69) is 172 Å². The Hall–Kier alpha value is -5.35. The first-order valence-corrected chi connectivity index (χ1v) is 19.8. The van der Waals surface area contributed by atoms with Crippen LogP contribution in [0.1, 0.15) is 52.7 Å². The number of nitrogens with zero attached hydrogens (tertiary/aromatic N) is 4. The normalized spacial score (nSPS) is 12.7. The van der Waals surface area contributed by atoms with Gasteiger partial charge >= 0.3 is 21.1 Å². The summed E-state index contributed by atoms with van der Waals surface area (Å²) in [7, 11) is 0. The van der Waals surface area contributed by atoms with Crippen molar-refractivity contribution in [1.82, 2.24) is 18.9 Å². The van der Waals surface area contributed by atoms with Gasteiger partial charge in [-0.25, -0.2) is 10.5 Å². The van der Waals surface area contributed by atoms with E-state index in [0.717, 1.165) is 44.6 Å². The third kappa shape index (κ3) is 5.07. The molecule has 6 heteroatoms. The number of fused-ring (bicyclic) bond motifs is 11. The molecule has 6 heterocycles. The van der Waals surface area contributed by atoms with E-state index in [-0.39, 0.29) is 31.9 Å². The molecule has 11 rings (SSSR count). The first kappa shape index (κ1) is 35.1. The van der Waals surface area contributed by atoms with E-state index < -0.39 is 0 Å². The standard InChI is InChI=1S/C50H38N4S.Pt/c1-49(2,3)31-22-23-51-44(27-31)53-40-16-9-7-12-33(40)35-20-18-29(25-42(35)53)30-24-38(39-21-19-32(28-52-39)50(4,5)6)45-43(26-30)55-48-46(45)37-15-11-14-36-34-13-8-10-17-41(34)54(48)47(36)37;/h7-23,26-28H,1-6H3;/q-2;+2. The van der Waals surface area contributed by atoms with Crippen LogP contribution in [0.25, 0.3) is 97.5 Å². The molecule has 0 fully saturated rings. The first-order chi connectivity index (χ1) is 26.5. The molecule has 0 atom stereocenters. The fourth-order valence-corrected chi connectivity index (χ4v) is 9.89. The van der Waals surface area contributed by atoms with Crippen LogP contribution in [0.3, 0.4) is 0 Å². The molecular formula is C50H38N4PtS. The van der Waals surface area contributed by atoms with Gasteiger partial charge in [0.15, 0.2) is 0 Å². The van der Waals surface area contributed by atoms with Crippen molar-refractivity contribution < 1.29 is 21.1 Å². The Morgan fingerprint density at radius 3 is 2.05 bits per heavy atom. The molecule has 4 nitrogen and oxygen atoms in total. The van der Waals surface area contributed by atoms with Gasteiger partial charge in [0.25, 0.3) is 0 Å². The van der Waals surface area contributed by atoms with Gasteiger partial charge in [-0.2, -0.15) is 29.8 Å². The van der Waals surface area contributed by atoms with E-state index in [1.165, 1.54) is 64.0 Å². The van der Waals surface area contributed by atoms with E-state index in [1.807, 2.05) is 23.7 Å². The second-order valence-corrected chi connectivity index (χ2v) is 18.0. The van der Waals surface area contributed by atoms with Gasteiger partial charge in [-0.3, -0.25) is 4.98 Å². The third-order valence-electron chi connectivity index (χ3n) is 11.5. The Morgan fingerprint density at radius 1 is 0.589 bits per heavy atom. The second-order valence-electron chi connectivity index (χ2n) is 17.0. The maximum Gasteiger partial charge on any atom is 2.00 e. The van der Waals surface area contributed by atoms with Crippen molar-refractivity contribution in [1.29, 1.82) is 0 Å². The summed E-state index contributed by atoms with van der Waals surface area (Å²) in [4.78, 5) is 11.3. The van der Waals surface area contributed by atoms with Crippen LogP contribution in [0.5, 0.6) is 0 Å². The number of benzene rings is 5. The summed E-state index contributed by atoms with van der Waals surface area (Å²) in [6.07, 6.45) is 3.98. The Bertz CT molecular complexity index is 3330. The molecule has 0 N–H and O–H groups in total. The minimum atomic E-state index is -0.00849. The molecule has 6 aromatic heterocycles. The average molecular weight is 922 g/mol. The molecule has 11 aromatic rings. The fourth-order valence-electron chi connectivity index (χ4n) is 8.61. The summed E-state index contributed by atoms with van der Waals surface area (Å²) < 4.78 is 5.97. The summed E-state index contributed by atoms with van der Waals surface area (Å²) in [5, 5.41) is 8.67. The second kappa shape index (κ2) is 12.3. The summed E-state index contributed by atoms with van der Waals surface area (Å²) in [5.74, 6) is 0.897. The predicted molar refractivity (Wildman–Crippen MR) is 232 cm³/mol. The van der Waals surface area contributed by atoms with E-state index in [9.17, 15) is 0 Å². The summed E-state index contributed by atoms with van der Waals surface area (Å²) in [6.45, 7) is 13.5. The maximum atomic E-state index is 5.15. The molecule has 0 aliphatic heterocycles. The minimum Gasteiger partial charge on any atom is -0.313 e. The van der Waals surface area contributed by atoms with Crippen LogP contribution < -0.4 is 0 Å². The molecule has 274 valence electrons. The molecule has 0 spiro atoms. The number of hydrogen-bond acceptors (Lipinski definition) is 3. The Labute approximate surface area is 344 Å². The quantitative estimate of drug-likeness (QED) is 0.166. The van der Waals surface area contributed by atoms with E-state index in [4.69, 9.17) is 9.97 Å². The van der Waals surface area contributed by atoms with Crippen molar-refractivity contribution in [3.8, 4) is 28.2 Å². The molecule has 0 amide bonds. The van der Waals surface area contributed by atoms with Gasteiger partial charge in [0.2, 0.25) is 0 Å². The van der Waals surface area contributed by atoms with Crippen molar-refractivity contribution in [3.05, 3.63) is 145 Å². The van der Waals surface area contributed by atoms with E-state index >= 15 is 0 Å². The number of thiophene rings is 1. The van der Waals surface area contributed by atoms with Gasteiger partial charge in [0.05, 0.1) is 11.0 Å². The molecule has 0 saturated heterocycles. The monoisotopic (exact) mass is 921 g/mol. The molecule has 56 heavy (non-hydrogen) atoms. The number of hydrogen-bond donors (Lipinski definition) is 0. The number of aromatic nitrogens is 4. The van der Waals surface area contributed by atoms with Crippen LogP contribution >= 0.6 is 11.3 Å². The molecule has 0 radical (unpaired) electrons. The molecule has 0 aliphatic rings. The molecule has 0 bridgehead atoms. The Balaban J connectivity index is 0.00000384. The van der Waals surface area contributed by atoms with Crippen LogP contribution in [0.15, 0.2) is 122 Å². The first-order valence-electron chi connectivity index (χ1n) is 19.0. The zero-order valence-corrected chi connectivity index (χ0v) is 35.1. The number of rotatable bonds is 3. The Morgan fingerprint density at radius 2 is 1.30 bits per heavy atom. The van der Waals surface area contributed by atoms with Crippen LogP contribution in [0, 0.1) is 12.1 Å². The van der Waals surface area contributed by atoms with Gasteiger partial charge < -0.3 is 8.97 Å². The van der Waals surface area contributed by atoms with Crippen molar-refractivity contribution >= 4 is 80.6 Å². The molecule has 0 saturated carbocycles. The topological polar surface area (TPSA) is 35.1 Å². The smallest absolute Gasteiger partial charge is 0.313 e. The van der Waals surface area contributed by atoms with E-state index in [0.29, 0.717) is 0 Å². The van der Waals surface area contributed by atoms with Gasteiger partial charge in [0, 0.05) is 39.8 Å². The minimum absolute atomic E-state index is 0. The largest absolute Gasteiger partial charge is 2.00 e. The van der Waals surface area contributed by atoms with Crippen LogP contribution in [-0.2, 0) is 31.9 Å². The van der Waals surface area contributed by atoms with Crippen molar-refractivity contribution in [2.75, 3.05) is 0 Å². The SMILES string of the molecule is CC(C)(C)c1ccc(-c2[c-]c(-c3[c-]c4c(cc3)c3ccccc3n4-c3cc(C(C)(C)C)ccn3)cc3sc4c(c5cccc6c7ccccc7n4c65)c23)nc1.[Pt+2]. The van der Waals surface area contributed by atoms with Gasteiger partial charge in [-0.15, -0.1) is 17.4 Å². The average Bonchev–Trinajstić information content (AvgIpc) is 3.91. The van der Waals surface area contributed by atoms with Gasteiger partial charge in [0.1, 0.15) is 10.6 Å². The van der Waals surface area contributed by atoms with E-state index in [1.54, 1.807) is 0 Å². The number of para-hydroxylation sites is 3. The predicted octanol–water partition coefficient (Wildman–Crippen LogP) is 13.5. The summed E-state index contributed by atoms with van der Waals surface area (Å²) >= 11 is 1.86. The zero-order chi connectivity index (χ0) is 37.4. The summed E-state index contributed by atoms with van der Waals surface area (Å²) in [5.41, 5.74) is 11.0. The molecule has 5 aromatic carbocycles. The van der Waals surface area contributed by atoms with Gasteiger partial charge in [-0.05, 0) is 67.2 Å². The van der Waals surface area contributed by atoms with Crippen molar-refractivity contribution in [3.63, 3.8) is 0 Å². The molecular weight excluding hydrogens is 884 g/mol.